The first-order chi connectivity index (χ1) is 16.6. The molecule has 1 aliphatic rings. The Hall–Kier alpha value is -3.25. The molecule has 0 saturated carbocycles. The molecule has 35 heavy (non-hydrogen) atoms. The monoisotopic (exact) mass is 472 g/mol. The van der Waals surface area contributed by atoms with E-state index >= 15 is 0 Å². The second-order valence-corrected chi connectivity index (χ2v) is 10.8. The van der Waals surface area contributed by atoms with Crippen LogP contribution < -0.4 is 4.74 Å². The first-order valence-electron chi connectivity index (χ1n) is 12.2. The van der Waals surface area contributed by atoms with Gasteiger partial charge in [0.05, 0.1) is 12.6 Å². The average Bonchev–Trinajstić information content (AvgIpc) is 3.03. The Labute approximate surface area is 209 Å². The summed E-state index contributed by atoms with van der Waals surface area (Å²) in [5, 5.41) is 0. The summed E-state index contributed by atoms with van der Waals surface area (Å²) in [6.07, 6.45) is 5.78. The number of benzene rings is 2. The lowest BCUT2D eigenvalue weighted by atomic mass is 9.86. The van der Waals surface area contributed by atoms with E-state index in [1.807, 2.05) is 43.3 Å². The van der Waals surface area contributed by atoms with Gasteiger partial charge in [0, 0.05) is 31.0 Å². The number of methoxy groups -OCH3 is 1. The second-order valence-electron chi connectivity index (χ2n) is 10.8. The molecule has 6 nitrogen and oxygen atoms in total. The van der Waals surface area contributed by atoms with Crippen LogP contribution in [0.5, 0.6) is 5.75 Å². The number of carbonyl (C=O) groups is 1. The van der Waals surface area contributed by atoms with Crippen LogP contribution in [0.25, 0.3) is 0 Å². The molecule has 1 unspecified atom stereocenters. The highest BCUT2D eigenvalue weighted by Gasteiger charge is 2.51. The smallest absolute Gasteiger partial charge is 0.244 e. The Bertz CT molecular complexity index is 1140. The van der Waals surface area contributed by atoms with E-state index in [9.17, 15) is 4.79 Å². The van der Waals surface area contributed by atoms with E-state index < -0.39 is 5.54 Å². The van der Waals surface area contributed by atoms with Crippen LogP contribution in [-0.2, 0) is 23.2 Å². The van der Waals surface area contributed by atoms with E-state index in [1.165, 1.54) is 17.5 Å². The van der Waals surface area contributed by atoms with Crippen molar-refractivity contribution in [2.75, 3.05) is 13.7 Å². The number of nitrogens with zero attached hydrogens (tertiary/aromatic N) is 4. The quantitative estimate of drug-likeness (QED) is 0.476. The van der Waals surface area contributed by atoms with Crippen LogP contribution in [0.3, 0.4) is 0 Å². The molecule has 1 saturated heterocycles. The molecule has 3 aromatic rings. The molecular weight excluding hydrogens is 436 g/mol. The predicted molar refractivity (Wildman–Crippen MR) is 138 cm³/mol. The molecule has 0 bridgehead atoms. The third kappa shape index (κ3) is 5.22. The van der Waals surface area contributed by atoms with Crippen molar-refractivity contribution in [1.82, 2.24) is 19.8 Å². The molecule has 1 atom stereocenters. The van der Waals surface area contributed by atoms with Crippen LogP contribution in [0.4, 0.5) is 0 Å². The zero-order valence-corrected chi connectivity index (χ0v) is 21.7. The Morgan fingerprint density at radius 2 is 1.57 bits per heavy atom. The number of rotatable bonds is 7. The molecule has 1 aromatic heterocycles. The molecule has 1 aliphatic heterocycles. The van der Waals surface area contributed by atoms with Crippen molar-refractivity contribution in [1.29, 1.82) is 0 Å². The van der Waals surface area contributed by atoms with Crippen LogP contribution in [0.1, 0.15) is 63.0 Å². The largest absolute Gasteiger partial charge is 0.497 e. The van der Waals surface area contributed by atoms with Crippen molar-refractivity contribution in [3.05, 3.63) is 89.5 Å². The summed E-state index contributed by atoms with van der Waals surface area (Å²) < 4.78 is 5.29. The molecule has 6 heteroatoms. The zero-order valence-electron chi connectivity index (χ0n) is 21.7. The molecule has 1 fully saturated rings. The summed E-state index contributed by atoms with van der Waals surface area (Å²) >= 11 is 0. The highest BCUT2D eigenvalue weighted by atomic mass is 16.5. The zero-order chi connectivity index (χ0) is 25.2. The Kier molecular flexibility index (Phi) is 6.95. The number of aromatic nitrogens is 2. The number of amides is 1. The summed E-state index contributed by atoms with van der Waals surface area (Å²) in [5.74, 6) is 0.966. The first kappa shape index (κ1) is 24.9. The predicted octanol–water partition coefficient (Wildman–Crippen LogP) is 5.15. The maximum Gasteiger partial charge on any atom is 0.244 e. The minimum Gasteiger partial charge on any atom is -0.497 e. The minimum atomic E-state index is -0.664. The van der Waals surface area contributed by atoms with E-state index in [0.717, 1.165) is 23.3 Å². The summed E-state index contributed by atoms with van der Waals surface area (Å²) in [5.41, 5.74) is 3.96. The molecule has 2 heterocycles. The van der Waals surface area contributed by atoms with Gasteiger partial charge in [0.2, 0.25) is 5.91 Å². The van der Waals surface area contributed by atoms with E-state index in [4.69, 9.17) is 4.74 Å². The van der Waals surface area contributed by atoms with Crippen molar-refractivity contribution in [2.45, 2.75) is 64.7 Å². The lowest BCUT2D eigenvalue weighted by Gasteiger charge is -2.34. The molecular formula is C29H36N4O2. The number of hydrogen-bond donors (Lipinski definition) is 0. The first-order valence-corrected chi connectivity index (χ1v) is 12.2. The highest BCUT2D eigenvalue weighted by Crippen LogP contribution is 2.42. The van der Waals surface area contributed by atoms with Gasteiger partial charge in [-0.15, -0.1) is 0 Å². The van der Waals surface area contributed by atoms with Gasteiger partial charge < -0.3 is 9.64 Å². The Morgan fingerprint density at radius 1 is 0.943 bits per heavy atom. The average molecular weight is 473 g/mol. The molecule has 1 amide bonds. The van der Waals surface area contributed by atoms with Gasteiger partial charge in [-0.1, -0.05) is 57.2 Å². The minimum absolute atomic E-state index is 0.0679. The van der Waals surface area contributed by atoms with Gasteiger partial charge in [0.1, 0.15) is 18.2 Å². The highest BCUT2D eigenvalue weighted by molar-refractivity contribution is 5.88. The van der Waals surface area contributed by atoms with Gasteiger partial charge in [-0.3, -0.25) is 9.69 Å². The van der Waals surface area contributed by atoms with Gasteiger partial charge in [-0.2, -0.15) is 0 Å². The van der Waals surface area contributed by atoms with Crippen LogP contribution >= 0.6 is 0 Å². The van der Waals surface area contributed by atoms with Gasteiger partial charge in [0.15, 0.2) is 0 Å². The van der Waals surface area contributed by atoms with E-state index in [2.05, 4.69) is 72.0 Å². The Balaban J connectivity index is 1.68. The standard InChI is InChI=1S/C29H36N4O2/c1-28(2,3)24-11-9-23(10-12-24)26-32(16-15-21-7-13-25(35-6)14-8-21)27(34)29(4,5)33(26)19-22-17-30-20-31-18-22/h7-14,17-18,20,26H,15-16,19H2,1-6H3. The molecule has 0 radical (unpaired) electrons. The van der Waals surface area contributed by atoms with E-state index in [0.29, 0.717) is 13.1 Å². The normalized spacial score (nSPS) is 18.2. The third-order valence-corrected chi connectivity index (χ3v) is 6.93. The van der Waals surface area contributed by atoms with Gasteiger partial charge in [-0.25, -0.2) is 9.97 Å². The fourth-order valence-corrected chi connectivity index (χ4v) is 4.73. The molecule has 0 N–H and O–H groups in total. The van der Waals surface area contributed by atoms with Crippen molar-refractivity contribution < 1.29 is 9.53 Å². The SMILES string of the molecule is COc1ccc(CCN2C(=O)C(C)(C)N(Cc3cncnc3)C2c2ccc(C(C)(C)C)cc2)cc1. The third-order valence-electron chi connectivity index (χ3n) is 6.93. The lowest BCUT2D eigenvalue weighted by molar-refractivity contribution is -0.132. The summed E-state index contributed by atoms with van der Waals surface area (Å²) in [6, 6.07) is 16.8. The molecule has 2 aromatic carbocycles. The second kappa shape index (κ2) is 9.78. The van der Waals surface area contributed by atoms with Crippen molar-refractivity contribution in [3.63, 3.8) is 0 Å². The van der Waals surface area contributed by atoms with Crippen molar-refractivity contribution in [3.8, 4) is 5.75 Å². The van der Waals surface area contributed by atoms with Crippen LogP contribution in [0, 0.1) is 0 Å². The summed E-state index contributed by atoms with van der Waals surface area (Å²) in [4.78, 5) is 26.5. The summed E-state index contributed by atoms with van der Waals surface area (Å²) in [6.45, 7) is 11.9. The molecule has 0 spiro atoms. The fourth-order valence-electron chi connectivity index (χ4n) is 4.73. The van der Waals surface area contributed by atoms with Crippen molar-refractivity contribution >= 4 is 5.91 Å². The Morgan fingerprint density at radius 3 is 2.14 bits per heavy atom. The maximum absolute atomic E-state index is 13.8. The van der Waals surface area contributed by atoms with Crippen LogP contribution in [-0.4, -0.2) is 44.9 Å². The van der Waals surface area contributed by atoms with Gasteiger partial charge in [0.25, 0.3) is 0 Å². The number of hydrogen-bond acceptors (Lipinski definition) is 5. The lowest BCUT2D eigenvalue weighted by Crippen LogP contribution is -2.43. The summed E-state index contributed by atoms with van der Waals surface area (Å²) in [7, 11) is 1.67. The van der Waals surface area contributed by atoms with Gasteiger partial charge >= 0.3 is 0 Å². The van der Waals surface area contributed by atoms with Crippen LogP contribution in [0.15, 0.2) is 67.3 Å². The maximum atomic E-state index is 13.8. The number of carbonyl (C=O) groups excluding carboxylic acids is 1. The molecule has 4 rings (SSSR count). The van der Waals surface area contributed by atoms with Crippen LogP contribution in [0.2, 0.25) is 0 Å². The molecule has 184 valence electrons. The number of ether oxygens (including phenoxy) is 1. The van der Waals surface area contributed by atoms with Crippen molar-refractivity contribution in [2.24, 2.45) is 0 Å². The molecule has 0 aliphatic carbocycles. The fraction of sp³-hybridized carbons (Fsp3) is 0.414. The van der Waals surface area contributed by atoms with Gasteiger partial charge in [-0.05, 0) is 54.5 Å². The van der Waals surface area contributed by atoms with E-state index in [1.54, 1.807) is 7.11 Å². The topological polar surface area (TPSA) is 58.6 Å². The van der Waals surface area contributed by atoms with E-state index in [-0.39, 0.29) is 17.5 Å².